The summed E-state index contributed by atoms with van der Waals surface area (Å²) < 4.78 is 0. The van der Waals surface area contributed by atoms with Crippen LogP contribution in [0, 0.1) is 0 Å². The van der Waals surface area contributed by atoms with Gasteiger partial charge in [0.15, 0.2) is 0 Å². The van der Waals surface area contributed by atoms with Crippen LogP contribution in [0.15, 0.2) is 48.7 Å². The Morgan fingerprint density at radius 1 is 1.17 bits per heavy atom. The third kappa shape index (κ3) is 2.98. The molecule has 2 N–H and O–H groups in total. The van der Waals surface area contributed by atoms with Crippen molar-refractivity contribution in [2.24, 2.45) is 0 Å². The summed E-state index contributed by atoms with van der Waals surface area (Å²) in [7, 11) is 0. The van der Waals surface area contributed by atoms with Gasteiger partial charge in [-0.2, -0.15) is 0 Å². The van der Waals surface area contributed by atoms with Crippen LogP contribution in [0.5, 0.6) is 0 Å². The largest absolute Gasteiger partial charge is 0.360 e. The van der Waals surface area contributed by atoms with Crippen molar-refractivity contribution >= 4 is 39.9 Å². The fourth-order valence-electron chi connectivity index (χ4n) is 2.58. The van der Waals surface area contributed by atoms with E-state index in [9.17, 15) is 9.59 Å². The van der Waals surface area contributed by atoms with Crippen LogP contribution < -0.4 is 5.32 Å². The summed E-state index contributed by atoms with van der Waals surface area (Å²) in [5.74, 6) is -1.26. The molecule has 0 aliphatic carbocycles. The van der Waals surface area contributed by atoms with E-state index in [1.807, 2.05) is 25.1 Å². The van der Waals surface area contributed by atoms with Crippen LogP contribution in [0.2, 0.25) is 5.02 Å². The van der Waals surface area contributed by atoms with Crippen LogP contribution >= 0.6 is 11.6 Å². The fraction of sp³-hybridized carbons (Fsp3) is 0.111. The Morgan fingerprint density at radius 3 is 2.70 bits per heavy atom. The SMILES string of the molecule is CCc1cccc2c(C(=O)C(=O)Nc3cccc(Cl)c3)c[nH]c12. The van der Waals surface area contributed by atoms with Gasteiger partial charge in [0.2, 0.25) is 0 Å². The van der Waals surface area contributed by atoms with Crippen LogP contribution in [0.1, 0.15) is 22.8 Å². The highest BCUT2D eigenvalue weighted by Crippen LogP contribution is 2.23. The number of hydrogen-bond acceptors (Lipinski definition) is 2. The molecule has 116 valence electrons. The Hall–Kier alpha value is -2.59. The summed E-state index contributed by atoms with van der Waals surface area (Å²) in [5.41, 5.74) is 2.87. The number of ketones is 1. The topological polar surface area (TPSA) is 62.0 Å². The van der Waals surface area contributed by atoms with Crippen LogP contribution in [-0.2, 0) is 11.2 Å². The molecule has 0 saturated carbocycles. The molecule has 0 aliphatic rings. The molecule has 5 heteroatoms. The van der Waals surface area contributed by atoms with E-state index in [1.165, 1.54) is 0 Å². The molecule has 0 unspecified atom stereocenters. The van der Waals surface area contributed by atoms with Gasteiger partial charge >= 0.3 is 0 Å². The molecule has 3 rings (SSSR count). The zero-order valence-electron chi connectivity index (χ0n) is 12.5. The number of aromatic amines is 1. The van der Waals surface area contributed by atoms with E-state index < -0.39 is 11.7 Å². The first kappa shape index (κ1) is 15.3. The lowest BCUT2D eigenvalue weighted by atomic mass is 10.0. The number of carbonyl (C=O) groups excluding carboxylic acids is 2. The number of hydrogen-bond donors (Lipinski definition) is 2. The average Bonchev–Trinajstić information content (AvgIpc) is 2.98. The Bertz CT molecular complexity index is 899. The summed E-state index contributed by atoms with van der Waals surface area (Å²) in [6.45, 7) is 2.04. The molecular formula is C18H15ClN2O2. The predicted molar refractivity (Wildman–Crippen MR) is 92.1 cm³/mol. The molecule has 1 heterocycles. The highest BCUT2D eigenvalue weighted by atomic mass is 35.5. The highest BCUT2D eigenvalue weighted by molar-refractivity contribution is 6.48. The van der Waals surface area contributed by atoms with Crippen LogP contribution in [0.3, 0.4) is 0 Å². The lowest BCUT2D eigenvalue weighted by Crippen LogP contribution is -2.22. The number of carbonyl (C=O) groups is 2. The van der Waals surface area contributed by atoms with Crippen LogP contribution in [0.25, 0.3) is 10.9 Å². The molecule has 23 heavy (non-hydrogen) atoms. The number of fused-ring (bicyclic) bond motifs is 1. The number of aromatic nitrogens is 1. The van der Waals surface area contributed by atoms with E-state index in [2.05, 4.69) is 10.3 Å². The number of H-pyrrole nitrogens is 1. The van der Waals surface area contributed by atoms with Gasteiger partial charge in [-0.25, -0.2) is 0 Å². The summed E-state index contributed by atoms with van der Waals surface area (Å²) >= 11 is 5.88. The van der Waals surface area contributed by atoms with Gasteiger partial charge < -0.3 is 10.3 Å². The van der Waals surface area contributed by atoms with Gasteiger partial charge in [-0.05, 0) is 30.2 Å². The predicted octanol–water partition coefficient (Wildman–Crippen LogP) is 4.21. The molecule has 2 aromatic carbocycles. The van der Waals surface area contributed by atoms with Crippen molar-refractivity contribution in [3.05, 3.63) is 64.8 Å². The zero-order valence-corrected chi connectivity index (χ0v) is 13.3. The van der Waals surface area contributed by atoms with Gasteiger partial charge in [-0.1, -0.05) is 42.8 Å². The summed E-state index contributed by atoms with van der Waals surface area (Å²) in [6, 6.07) is 12.4. The van der Waals surface area contributed by atoms with Crippen LogP contribution in [0.4, 0.5) is 5.69 Å². The standard InChI is InChI=1S/C18H15ClN2O2/c1-2-11-5-3-8-14-15(10-20-16(11)14)17(22)18(23)21-13-7-4-6-12(19)9-13/h3-10,20H,2H2,1H3,(H,21,23). The van der Waals surface area contributed by atoms with E-state index in [-0.39, 0.29) is 0 Å². The molecule has 4 nitrogen and oxygen atoms in total. The van der Waals surface area contributed by atoms with E-state index in [0.29, 0.717) is 16.3 Å². The number of Topliss-reactive ketones (excluding diaryl/α,β-unsaturated/α-hetero) is 1. The normalized spacial score (nSPS) is 10.7. The summed E-state index contributed by atoms with van der Waals surface area (Å²) in [6.07, 6.45) is 2.43. The Morgan fingerprint density at radius 2 is 1.96 bits per heavy atom. The second-order valence-corrected chi connectivity index (χ2v) is 5.63. The molecule has 0 atom stereocenters. The number of nitrogens with one attached hydrogen (secondary N) is 2. The number of aryl methyl sites for hydroxylation is 1. The average molecular weight is 327 g/mol. The first-order chi connectivity index (χ1) is 11.1. The minimum Gasteiger partial charge on any atom is -0.360 e. The number of rotatable bonds is 4. The minimum atomic E-state index is -0.685. The Kier molecular flexibility index (Phi) is 4.17. The van der Waals surface area contributed by atoms with Crippen molar-refractivity contribution in [2.75, 3.05) is 5.32 Å². The maximum atomic E-state index is 12.4. The second kappa shape index (κ2) is 6.26. The van der Waals surface area contributed by atoms with E-state index in [0.717, 1.165) is 22.9 Å². The molecule has 1 amide bonds. The van der Waals surface area contributed by atoms with Gasteiger partial charge in [0, 0.05) is 27.8 Å². The first-order valence-corrected chi connectivity index (χ1v) is 7.68. The van der Waals surface area contributed by atoms with Crippen molar-refractivity contribution in [1.82, 2.24) is 4.98 Å². The fourth-order valence-corrected chi connectivity index (χ4v) is 2.77. The monoisotopic (exact) mass is 326 g/mol. The van der Waals surface area contributed by atoms with Gasteiger partial charge in [0.1, 0.15) is 0 Å². The zero-order chi connectivity index (χ0) is 16.4. The number of benzene rings is 2. The molecule has 0 fully saturated rings. The third-order valence-electron chi connectivity index (χ3n) is 3.72. The first-order valence-electron chi connectivity index (χ1n) is 7.30. The van der Waals surface area contributed by atoms with Crippen molar-refractivity contribution < 1.29 is 9.59 Å². The molecule has 1 aromatic heterocycles. The van der Waals surface area contributed by atoms with E-state index in [1.54, 1.807) is 30.5 Å². The van der Waals surface area contributed by atoms with Gasteiger partial charge in [0.05, 0.1) is 5.56 Å². The molecular weight excluding hydrogens is 312 g/mol. The molecule has 0 radical (unpaired) electrons. The van der Waals surface area contributed by atoms with E-state index in [4.69, 9.17) is 11.6 Å². The van der Waals surface area contributed by atoms with Crippen molar-refractivity contribution in [3.63, 3.8) is 0 Å². The molecule has 0 bridgehead atoms. The quantitative estimate of drug-likeness (QED) is 0.557. The highest BCUT2D eigenvalue weighted by Gasteiger charge is 2.20. The molecule has 0 saturated heterocycles. The van der Waals surface area contributed by atoms with Crippen molar-refractivity contribution in [3.8, 4) is 0 Å². The maximum absolute atomic E-state index is 12.4. The second-order valence-electron chi connectivity index (χ2n) is 5.19. The summed E-state index contributed by atoms with van der Waals surface area (Å²) in [4.78, 5) is 27.7. The molecule has 3 aromatic rings. The number of amides is 1. The number of para-hydroxylation sites is 1. The number of anilines is 1. The molecule has 0 spiro atoms. The lowest BCUT2D eigenvalue weighted by molar-refractivity contribution is -0.112. The third-order valence-corrected chi connectivity index (χ3v) is 3.95. The Balaban J connectivity index is 1.90. The smallest absolute Gasteiger partial charge is 0.296 e. The van der Waals surface area contributed by atoms with E-state index >= 15 is 0 Å². The number of halogens is 1. The van der Waals surface area contributed by atoms with Crippen molar-refractivity contribution in [1.29, 1.82) is 0 Å². The van der Waals surface area contributed by atoms with Crippen molar-refractivity contribution in [2.45, 2.75) is 13.3 Å². The lowest BCUT2D eigenvalue weighted by Gasteiger charge is -2.04. The van der Waals surface area contributed by atoms with Gasteiger partial charge in [0.25, 0.3) is 11.7 Å². The van der Waals surface area contributed by atoms with Gasteiger partial charge in [-0.3, -0.25) is 9.59 Å². The minimum absolute atomic E-state index is 0.370. The van der Waals surface area contributed by atoms with Crippen LogP contribution in [-0.4, -0.2) is 16.7 Å². The summed E-state index contributed by atoms with van der Waals surface area (Å²) in [5, 5.41) is 3.83. The maximum Gasteiger partial charge on any atom is 0.296 e. The van der Waals surface area contributed by atoms with Gasteiger partial charge in [-0.15, -0.1) is 0 Å². The Labute approximate surface area is 138 Å². The molecule has 0 aliphatic heterocycles.